The van der Waals surface area contributed by atoms with Crippen LogP contribution in [0.5, 0.6) is 0 Å². The maximum Gasteiger partial charge on any atom is 0.283 e. The molecule has 2 aromatic rings. The van der Waals surface area contributed by atoms with Crippen molar-refractivity contribution in [2.24, 2.45) is 0 Å². The Balaban J connectivity index is 2.15. The van der Waals surface area contributed by atoms with Crippen LogP contribution in [0, 0.1) is 17.0 Å². The number of halogens is 2. The summed E-state index contributed by atoms with van der Waals surface area (Å²) < 4.78 is 1.26. The number of aromatic nitrogens is 1. The molecule has 0 amide bonds. The van der Waals surface area contributed by atoms with E-state index in [2.05, 4.69) is 42.2 Å². The second-order valence-electron chi connectivity index (χ2n) is 4.16. The zero-order chi connectivity index (χ0) is 14.7. The highest BCUT2D eigenvalue weighted by molar-refractivity contribution is 9.10. The maximum absolute atomic E-state index is 10.9. The molecule has 1 aromatic heterocycles. The predicted octanol–water partition coefficient (Wildman–Crippen LogP) is 4.44. The molecule has 0 spiro atoms. The van der Waals surface area contributed by atoms with Gasteiger partial charge in [-0.05, 0) is 62.5 Å². The minimum atomic E-state index is -0.403. The molecule has 0 bridgehead atoms. The Kier molecular flexibility index (Phi) is 4.72. The van der Waals surface area contributed by atoms with E-state index >= 15 is 0 Å². The number of nitrogens with one attached hydrogen (secondary N) is 1. The van der Waals surface area contributed by atoms with Gasteiger partial charge >= 0.3 is 0 Å². The monoisotopic (exact) mass is 399 g/mol. The van der Waals surface area contributed by atoms with Gasteiger partial charge in [-0.3, -0.25) is 10.1 Å². The van der Waals surface area contributed by atoms with Gasteiger partial charge in [0, 0.05) is 12.6 Å². The topological polar surface area (TPSA) is 68.1 Å². The van der Waals surface area contributed by atoms with E-state index in [0.29, 0.717) is 11.0 Å². The van der Waals surface area contributed by atoms with E-state index < -0.39 is 4.92 Å². The number of hydrogen-bond donors (Lipinski definition) is 1. The van der Waals surface area contributed by atoms with E-state index in [1.807, 2.05) is 25.1 Å². The van der Waals surface area contributed by atoms with Crippen LogP contribution in [-0.2, 0) is 6.54 Å². The number of nitrogens with zero attached hydrogens (tertiary/aromatic N) is 2. The van der Waals surface area contributed by atoms with Gasteiger partial charge in [0.15, 0.2) is 0 Å². The average Bonchev–Trinajstić information content (AvgIpc) is 2.39. The van der Waals surface area contributed by atoms with Gasteiger partial charge in [-0.2, -0.15) is 0 Å². The molecule has 7 heteroatoms. The lowest BCUT2D eigenvalue weighted by atomic mass is 10.2. The highest BCUT2D eigenvalue weighted by Crippen LogP contribution is 2.26. The Labute approximate surface area is 132 Å². The van der Waals surface area contributed by atoms with E-state index in [4.69, 9.17) is 0 Å². The van der Waals surface area contributed by atoms with Gasteiger partial charge in [0.1, 0.15) is 4.60 Å². The first-order chi connectivity index (χ1) is 9.47. The molecule has 0 aliphatic heterocycles. The summed E-state index contributed by atoms with van der Waals surface area (Å²) in [5, 5.41) is 14.1. The predicted molar refractivity (Wildman–Crippen MR) is 84.8 cm³/mol. The quantitative estimate of drug-likeness (QED) is 0.468. The fourth-order valence-electron chi connectivity index (χ4n) is 1.72. The van der Waals surface area contributed by atoms with E-state index in [0.717, 1.165) is 21.5 Å². The summed E-state index contributed by atoms with van der Waals surface area (Å²) in [6.07, 6.45) is 0. The van der Waals surface area contributed by atoms with Gasteiger partial charge in [0.25, 0.3) is 5.69 Å². The van der Waals surface area contributed by atoms with Crippen LogP contribution >= 0.6 is 31.9 Å². The standard InChI is InChI=1S/C13H11Br2N3O2/c1-8-11(4-5-13(15)17-8)16-7-9-2-3-10(14)12(6-9)18(19)20/h2-6,16H,7H2,1H3. The second-order valence-corrected chi connectivity index (χ2v) is 5.83. The smallest absolute Gasteiger partial charge is 0.283 e. The lowest BCUT2D eigenvalue weighted by Gasteiger charge is -2.09. The zero-order valence-electron chi connectivity index (χ0n) is 10.6. The Morgan fingerprint density at radius 3 is 2.70 bits per heavy atom. The van der Waals surface area contributed by atoms with Crippen molar-refractivity contribution in [2.45, 2.75) is 13.5 Å². The number of benzene rings is 1. The summed E-state index contributed by atoms with van der Waals surface area (Å²) >= 11 is 6.48. The molecule has 0 aliphatic carbocycles. The van der Waals surface area contributed by atoms with Crippen molar-refractivity contribution in [3.63, 3.8) is 0 Å². The SMILES string of the molecule is Cc1nc(Br)ccc1NCc1ccc(Br)c([N+](=O)[O-])c1. The summed E-state index contributed by atoms with van der Waals surface area (Å²) in [6, 6.07) is 8.84. The van der Waals surface area contributed by atoms with Crippen molar-refractivity contribution < 1.29 is 4.92 Å². The minimum absolute atomic E-state index is 0.0648. The molecule has 0 aliphatic rings. The highest BCUT2D eigenvalue weighted by Gasteiger charge is 2.12. The molecule has 0 saturated heterocycles. The van der Waals surface area contributed by atoms with Crippen molar-refractivity contribution in [3.05, 3.63) is 60.8 Å². The maximum atomic E-state index is 10.9. The summed E-state index contributed by atoms with van der Waals surface area (Å²) in [6.45, 7) is 2.40. The van der Waals surface area contributed by atoms with Gasteiger partial charge in [0.05, 0.1) is 20.8 Å². The van der Waals surface area contributed by atoms with Crippen LogP contribution in [0.4, 0.5) is 11.4 Å². The largest absolute Gasteiger partial charge is 0.379 e. The number of aryl methyl sites for hydroxylation is 1. The van der Waals surface area contributed by atoms with Gasteiger partial charge in [-0.25, -0.2) is 4.98 Å². The molecular weight excluding hydrogens is 390 g/mol. The van der Waals surface area contributed by atoms with Gasteiger partial charge < -0.3 is 5.32 Å². The second kappa shape index (κ2) is 6.32. The summed E-state index contributed by atoms with van der Waals surface area (Å²) in [4.78, 5) is 14.8. The van der Waals surface area contributed by atoms with E-state index in [1.165, 1.54) is 0 Å². The molecule has 5 nitrogen and oxygen atoms in total. The first-order valence-corrected chi connectivity index (χ1v) is 7.36. The van der Waals surface area contributed by atoms with Crippen LogP contribution < -0.4 is 5.32 Å². The Bertz CT molecular complexity index is 662. The van der Waals surface area contributed by atoms with Crippen molar-refractivity contribution in [1.82, 2.24) is 4.98 Å². The summed E-state index contributed by atoms with van der Waals surface area (Å²) in [5.41, 5.74) is 2.67. The molecule has 0 unspecified atom stereocenters. The highest BCUT2D eigenvalue weighted by atomic mass is 79.9. The van der Waals surface area contributed by atoms with Crippen LogP contribution in [0.1, 0.15) is 11.3 Å². The number of nitro groups is 1. The third-order valence-electron chi connectivity index (χ3n) is 2.74. The van der Waals surface area contributed by atoms with Crippen molar-refractivity contribution in [1.29, 1.82) is 0 Å². The third-order valence-corrected chi connectivity index (χ3v) is 3.85. The van der Waals surface area contributed by atoms with Gasteiger partial charge in [-0.1, -0.05) is 6.07 Å². The molecule has 2 rings (SSSR count). The number of nitro benzene ring substituents is 1. The number of pyridine rings is 1. The van der Waals surface area contributed by atoms with Crippen LogP contribution in [-0.4, -0.2) is 9.91 Å². The van der Waals surface area contributed by atoms with Crippen LogP contribution in [0.3, 0.4) is 0 Å². The van der Waals surface area contributed by atoms with Crippen LogP contribution in [0.25, 0.3) is 0 Å². The molecule has 1 N–H and O–H groups in total. The van der Waals surface area contributed by atoms with Crippen molar-refractivity contribution >= 4 is 43.2 Å². The molecule has 0 fully saturated rings. The summed E-state index contributed by atoms with van der Waals surface area (Å²) in [5.74, 6) is 0. The zero-order valence-corrected chi connectivity index (χ0v) is 13.7. The van der Waals surface area contributed by atoms with Gasteiger partial charge in [-0.15, -0.1) is 0 Å². The fraction of sp³-hybridized carbons (Fsp3) is 0.154. The molecule has 20 heavy (non-hydrogen) atoms. The van der Waals surface area contributed by atoms with Crippen molar-refractivity contribution in [2.75, 3.05) is 5.32 Å². The van der Waals surface area contributed by atoms with E-state index in [-0.39, 0.29) is 5.69 Å². The van der Waals surface area contributed by atoms with Gasteiger partial charge in [0.2, 0.25) is 0 Å². The first kappa shape index (κ1) is 14.9. The Morgan fingerprint density at radius 1 is 1.30 bits per heavy atom. The van der Waals surface area contributed by atoms with E-state index in [9.17, 15) is 10.1 Å². The third kappa shape index (κ3) is 3.55. The first-order valence-electron chi connectivity index (χ1n) is 5.77. The molecule has 0 saturated carbocycles. The molecule has 104 valence electrons. The molecule has 0 atom stereocenters. The lowest BCUT2D eigenvalue weighted by molar-refractivity contribution is -0.385. The van der Waals surface area contributed by atoms with E-state index in [1.54, 1.807) is 12.1 Å². The minimum Gasteiger partial charge on any atom is -0.379 e. The fourth-order valence-corrected chi connectivity index (χ4v) is 2.51. The number of anilines is 1. The Morgan fingerprint density at radius 2 is 2.05 bits per heavy atom. The van der Waals surface area contributed by atoms with Crippen molar-refractivity contribution in [3.8, 4) is 0 Å². The summed E-state index contributed by atoms with van der Waals surface area (Å²) in [7, 11) is 0. The normalized spacial score (nSPS) is 10.3. The number of rotatable bonds is 4. The van der Waals surface area contributed by atoms with Crippen LogP contribution in [0.15, 0.2) is 39.4 Å². The lowest BCUT2D eigenvalue weighted by Crippen LogP contribution is -2.03. The molecule has 1 aromatic carbocycles. The number of hydrogen-bond acceptors (Lipinski definition) is 4. The van der Waals surface area contributed by atoms with Crippen LogP contribution in [0.2, 0.25) is 0 Å². The average molecular weight is 401 g/mol. The molecule has 1 heterocycles. The molecular formula is C13H11Br2N3O2. The Hall–Kier alpha value is -1.47. The molecule has 0 radical (unpaired) electrons.